The van der Waals surface area contributed by atoms with Crippen LogP contribution in [-0.2, 0) is 4.74 Å². The SMILES string of the molecule is COC(=O)c1cc(Br)cc(C(=O)C(C)Cl)c1. The van der Waals surface area contributed by atoms with Crippen LogP contribution in [0.4, 0.5) is 0 Å². The zero-order chi connectivity index (χ0) is 12.3. The Morgan fingerprint density at radius 3 is 2.38 bits per heavy atom. The molecule has 5 heteroatoms. The first-order chi connectivity index (χ1) is 7.45. The lowest BCUT2D eigenvalue weighted by Crippen LogP contribution is -2.12. The van der Waals surface area contributed by atoms with Gasteiger partial charge >= 0.3 is 5.97 Å². The van der Waals surface area contributed by atoms with Crippen molar-refractivity contribution in [3.63, 3.8) is 0 Å². The summed E-state index contributed by atoms with van der Waals surface area (Å²) in [6.45, 7) is 1.59. The highest BCUT2D eigenvalue weighted by molar-refractivity contribution is 9.10. The zero-order valence-corrected chi connectivity index (χ0v) is 11.1. The van der Waals surface area contributed by atoms with Gasteiger partial charge < -0.3 is 4.74 Å². The van der Waals surface area contributed by atoms with E-state index < -0.39 is 11.3 Å². The van der Waals surface area contributed by atoms with Gasteiger partial charge in [-0.15, -0.1) is 11.6 Å². The summed E-state index contributed by atoms with van der Waals surface area (Å²) in [6.07, 6.45) is 0. The maximum absolute atomic E-state index is 11.7. The molecule has 0 N–H and O–H groups in total. The van der Waals surface area contributed by atoms with E-state index in [1.807, 2.05) is 0 Å². The van der Waals surface area contributed by atoms with Crippen molar-refractivity contribution < 1.29 is 14.3 Å². The lowest BCUT2D eigenvalue weighted by molar-refractivity contribution is 0.0600. The van der Waals surface area contributed by atoms with Gasteiger partial charge in [0.1, 0.15) is 0 Å². The first-order valence-corrected chi connectivity index (χ1v) is 5.76. The summed E-state index contributed by atoms with van der Waals surface area (Å²) in [5, 5.41) is -0.625. The van der Waals surface area contributed by atoms with Gasteiger partial charge in [0, 0.05) is 10.0 Å². The highest BCUT2D eigenvalue weighted by atomic mass is 79.9. The monoisotopic (exact) mass is 304 g/mol. The second kappa shape index (κ2) is 5.46. The van der Waals surface area contributed by atoms with Gasteiger partial charge in [-0.1, -0.05) is 15.9 Å². The first-order valence-electron chi connectivity index (χ1n) is 4.53. The summed E-state index contributed by atoms with van der Waals surface area (Å²) < 4.78 is 5.22. The molecule has 1 unspecified atom stereocenters. The topological polar surface area (TPSA) is 43.4 Å². The Hall–Kier alpha value is -0.870. The molecule has 0 saturated carbocycles. The molecule has 1 rings (SSSR count). The molecule has 1 atom stereocenters. The van der Waals surface area contributed by atoms with Crippen LogP contribution in [0.25, 0.3) is 0 Å². The quantitative estimate of drug-likeness (QED) is 0.490. The average molecular weight is 306 g/mol. The van der Waals surface area contributed by atoms with E-state index in [2.05, 4.69) is 20.7 Å². The third-order valence-electron chi connectivity index (χ3n) is 1.96. The molecule has 0 aromatic heterocycles. The van der Waals surface area contributed by atoms with Crippen LogP contribution in [0.15, 0.2) is 22.7 Å². The molecular formula is C11H10BrClO3. The number of benzene rings is 1. The summed E-state index contributed by atoms with van der Waals surface area (Å²) in [5.41, 5.74) is 0.704. The second-order valence-electron chi connectivity index (χ2n) is 3.20. The number of ketones is 1. The minimum Gasteiger partial charge on any atom is -0.465 e. The van der Waals surface area contributed by atoms with Gasteiger partial charge in [0.05, 0.1) is 18.1 Å². The van der Waals surface area contributed by atoms with Crippen molar-refractivity contribution in [2.75, 3.05) is 7.11 Å². The van der Waals surface area contributed by atoms with Crippen molar-refractivity contribution in [2.24, 2.45) is 0 Å². The standard InChI is InChI=1S/C11H10BrClO3/c1-6(13)10(14)7-3-8(11(15)16-2)5-9(12)4-7/h3-6H,1-2H3. The third-order valence-corrected chi connectivity index (χ3v) is 2.62. The third kappa shape index (κ3) is 3.06. The maximum atomic E-state index is 11.7. The van der Waals surface area contributed by atoms with Crippen molar-refractivity contribution in [3.05, 3.63) is 33.8 Å². The molecule has 1 aromatic rings. The van der Waals surface area contributed by atoms with E-state index >= 15 is 0 Å². The summed E-state index contributed by atoms with van der Waals surface area (Å²) in [5.74, 6) is -0.717. The number of alkyl halides is 1. The van der Waals surface area contributed by atoms with Gasteiger partial charge in [-0.3, -0.25) is 4.79 Å². The fourth-order valence-corrected chi connectivity index (χ4v) is 1.82. The van der Waals surface area contributed by atoms with Crippen LogP contribution in [0.2, 0.25) is 0 Å². The highest BCUT2D eigenvalue weighted by Gasteiger charge is 2.16. The molecule has 0 aliphatic carbocycles. The maximum Gasteiger partial charge on any atom is 0.337 e. The number of ether oxygens (including phenoxy) is 1. The highest BCUT2D eigenvalue weighted by Crippen LogP contribution is 2.19. The molecule has 0 saturated heterocycles. The average Bonchev–Trinajstić information content (AvgIpc) is 2.25. The summed E-state index contributed by atoms with van der Waals surface area (Å²) >= 11 is 8.92. The van der Waals surface area contributed by atoms with E-state index in [1.54, 1.807) is 19.1 Å². The number of hydrogen-bond acceptors (Lipinski definition) is 3. The lowest BCUT2D eigenvalue weighted by Gasteiger charge is -2.06. The Kier molecular flexibility index (Phi) is 4.50. The largest absolute Gasteiger partial charge is 0.465 e. The Labute approximate surface area is 107 Å². The Morgan fingerprint density at radius 1 is 1.31 bits per heavy atom. The normalized spacial score (nSPS) is 12.0. The molecule has 0 aliphatic rings. The van der Waals surface area contributed by atoms with Crippen LogP contribution in [-0.4, -0.2) is 24.2 Å². The van der Waals surface area contributed by atoms with Gasteiger partial charge in [0.2, 0.25) is 0 Å². The minimum absolute atomic E-state index is 0.229. The molecule has 0 amide bonds. The van der Waals surface area contributed by atoms with Crippen molar-refractivity contribution in [1.29, 1.82) is 0 Å². The molecule has 16 heavy (non-hydrogen) atoms. The lowest BCUT2D eigenvalue weighted by atomic mass is 10.1. The van der Waals surface area contributed by atoms with Crippen molar-refractivity contribution in [3.8, 4) is 0 Å². The number of hydrogen-bond donors (Lipinski definition) is 0. The Balaban J connectivity index is 3.18. The van der Waals surface area contributed by atoms with Crippen LogP contribution < -0.4 is 0 Å². The fraction of sp³-hybridized carbons (Fsp3) is 0.273. The van der Waals surface area contributed by atoms with E-state index in [-0.39, 0.29) is 5.78 Å². The summed E-state index contributed by atoms with van der Waals surface area (Å²) in [7, 11) is 1.29. The first kappa shape index (κ1) is 13.2. The number of carbonyl (C=O) groups excluding carboxylic acids is 2. The van der Waals surface area contributed by atoms with E-state index in [4.69, 9.17) is 11.6 Å². The minimum atomic E-state index is -0.625. The van der Waals surface area contributed by atoms with E-state index in [9.17, 15) is 9.59 Å². The number of methoxy groups -OCH3 is 1. The van der Waals surface area contributed by atoms with Crippen LogP contribution in [0.3, 0.4) is 0 Å². The molecule has 0 spiro atoms. The molecule has 3 nitrogen and oxygen atoms in total. The van der Waals surface area contributed by atoms with Gasteiger partial charge in [-0.2, -0.15) is 0 Å². The molecule has 0 fully saturated rings. The number of Topliss-reactive ketones (excluding diaryl/α,β-unsaturated/α-hetero) is 1. The van der Waals surface area contributed by atoms with Gasteiger partial charge in [-0.25, -0.2) is 4.79 Å². The van der Waals surface area contributed by atoms with Crippen molar-refractivity contribution in [1.82, 2.24) is 0 Å². The van der Waals surface area contributed by atoms with Gasteiger partial charge in [0.15, 0.2) is 5.78 Å². The number of halogens is 2. The molecule has 1 aromatic carbocycles. The molecule has 0 aliphatic heterocycles. The van der Waals surface area contributed by atoms with E-state index in [1.165, 1.54) is 13.2 Å². The van der Waals surface area contributed by atoms with Gasteiger partial charge in [-0.05, 0) is 25.1 Å². The van der Waals surface area contributed by atoms with E-state index in [0.29, 0.717) is 15.6 Å². The van der Waals surface area contributed by atoms with Crippen molar-refractivity contribution in [2.45, 2.75) is 12.3 Å². The molecule has 86 valence electrons. The second-order valence-corrected chi connectivity index (χ2v) is 4.77. The van der Waals surface area contributed by atoms with Crippen molar-refractivity contribution >= 4 is 39.3 Å². The van der Waals surface area contributed by atoms with Crippen LogP contribution in [0.1, 0.15) is 27.6 Å². The molecule has 0 heterocycles. The van der Waals surface area contributed by atoms with Gasteiger partial charge in [0.25, 0.3) is 0 Å². The predicted octanol–water partition coefficient (Wildman–Crippen LogP) is 3.05. The zero-order valence-electron chi connectivity index (χ0n) is 8.79. The predicted molar refractivity (Wildman–Crippen MR) is 65.1 cm³/mol. The van der Waals surface area contributed by atoms with Crippen LogP contribution in [0, 0.1) is 0 Å². The number of esters is 1. The summed E-state index contributed by atoms with van der Waals surface area (Å²) in [4.78, 5) is 23.0. The number of carbonyl (C=O) groups is 2. The fourth-order valence-electron chi connectivity index (χ4n) is 1.20. The van der Waals surface area contributed by atoms with Crippen LogP contribution >= 0.6 is 27.5 Å². The van der Waals surface area contributed by atoms with E-state index in [0.717, 1.165) is 0 Å². The molecular weight excluding hydrogens is 295 g/mol. The Morgan fingerprint density at radius 2 is 1.88 bits per heavy atom. The smallest absolute Gasteiger partial charge is 0.337 e. The molecule has 0 radical (unpaired) electrons. The Bertz CT molecular complexity index is 429. The summed E-state index contributed by atoms with van der Waals surface area (Å²) in [6, 6.07) is 4.67. The molecule has 0 bridgehead atoms. The van der Waals surface area contributed by atoms with Crippen LogP contribution in [0.5, 0.6) is 0 Å². The number of rotatable bonds is 3.